The van der Waals surface area contributed by atoms with Crippen LogP contribution in [-0.2, 0) is 0 Å². The summed E-state index contributed by atoms with van der Waals surface area (Å²) in [7, 11) is 0. The minimum atomic E-state index is -0.270. The van der Waals surface area contributed by atoms with Crippen LogP contribution in [0.5, 0.6) is 5.75 Å². The first kappa shape index (κ1) is 15.3. The fourth-order valence-corrected chi connectivity index (χ4v) is 1.68. The molecular formula is C14H22N2O3. The Balaban J connectivity index is 2.59. The summed E-state index contributed by atoms with van der Waals surface area (Å²) in [5.74, 6) is 0.791. The number of anilines is 1. The van der Waals surface area contributed by atoms with E-state index in [1.54, 1.807) is 0 Å². The molecule has 0 fully saturated rings. The molecule has 0 heterocycles. The van der Waals surface area contributed by atoms with E-state index < -0.39 is 0 Å². The number of carbonyl (C=O) groups is 1. The molecule has 1 atom stereocenters. The smallest absolute Gasteiger partial charge is 0.319 e. The third-order valence-electron chi connectivity index (χ3n) is 2.70. The zero-order valence-corrected chi connectivity index (χ0v) is 11.7. The highest BCUT2D eigenvalue weighted by molar-refractivity contribution is 5.90. The molecule has 0 aromatic heterocycles. The van der Waals surface area contributed by atoms with Crippen molar-refractivity contribution in [2.75, 3.05) is 18.5 Å². The average Bonchev–Trinajstić information content (AvgIpc) is 2.33. The summed E-state index contributed by atoms with van der Waals surface area (Å²) in [5, 5.41) is 14.3. The standard InChI is InChI=1S/C14H22N2O3/c1-4-19-12-5-6-13(10(2)9-12)16-14(18)15-11(3)7-8-17/h5-6,9,11,17H,4,7-8H2,1-3H3,(H2,15,16,18)/t11-/m1/s1. The van der Waals surface area contributed by atoms with Gasteiger partial charge in [-0.3, -0.25) is 0 Å². The van der Waals surface area contributed by atoms with Crippen molar-refractivity contribution in [1.29, 1.82) is 0 Å². The van der Waals surface area contributed by atoms with Crippen molar-refractivity contribution in [3.63, 3.8) is 0 Å². The number of hydrogen-bond acceptors (Lipinski definition) is 3. The van der Waals surface area contributed by atoms with Crippen LogP contribution >= 0.6 is 0 Å². The van der Waals surface area contributed by atoms with Gasteiger partial charge in [-0.2, -0.15) is 0 Å². The first-order valence-corrected chi connectivity index (χ1v) is 6.48. The van der Waals surface area contributed by atoms with Gasteiger partial charge in [-0.15, -0.1) is 0 Å². The topological polar surface area (TPSA) is 70.6 Å². The Morgan fingerprint density at radius 2 is 2.21 bits per heavy atom. The molecule has 5 heteroatoms. The number of aryl methyl sites for hydroxylation is 1. The van der Waals surface area contributed by atoms with E-state index >= 15 is 0 Å². The number of ether oxygens (including phenoxy) is 1. The molecule has 0 unspecified atom stereocenters. The Morgan fingerprint density at radius 3 is 2.79 bits per heavy atom. The van der Waals surface area contributed by atoms with Crippen molar-refractivity contribution in [3.05, 3.63) is 23.8 Å². The molecule has 3 N–H and O–H groups in total. The predicted octanol–water partition coefficient (Wildman–Crippen LogP) is 2.29. The van der Waals surface area contributed by atoms with Gasteiger partial charge in [-0.05, 0) is 51.0 Å². The van der Waals surface area contributed by atoms with Gasteiger partial charge < -0.3 is 20.5 Å². The Hall–Kier alpha value is -1.75. The number of carbonyl (C=O) groups excluding carboxylic acids is 1. The number of amides is 2. The summed E-state index contributed by atoms with van der Waals surface area (Å²) in [6.45, 7) is 6.36. The molecule has 5 nitrogen and oxygen atoms in total. The molecule has 1 rings (SSSR count). The third kappa shape index (κ3) is 5.18. The van der Waals surface area contributed by atoms with Gasteiger partial charge >= 0.3 is 6.03 Å². The largest absolute Gasteiger partial charge is 0.494 e. The summed E-state index contributed by atoms with van der Waals surface area (Å²) >= 11 is 0. The van der Waals surface area contributed by atoms with Gasteiger partial charge in [-0.1, -0.05) is 0 Å². The van der Waals surface area contributed by atoms with Crippen molar-refractivity contribution in [3.8, 4) is 5.75 Å². The normalized spacial score (nSPS) is 11.8. The fourth-order valence-electron chi connectivity index (χ4n) is 1.68. The summed E-state index contributed by atoms with van der Waals surface area (Å²) in [6, 6.07) is 5.19. The monoisotopic (exact) mass is 266 g/mol. The molecule has 0 aliphatic rings. The zero-order chi connectivity index (χ0) is 14.3. The molecule has 0 spiro atoms. The first-order chi connectivity index (χ1) is 9.06. The summed E-state index contributed by atoms with van der Waals surface area (Å²) in [4.78, 5) is 11.7. The van der Waals surface area contributed by atoms with E-state index in [0.717, 1.165) is 17.0 Å². The highest BCUT2D eigenvalue weighted by Crippen LogP contribution is 2.21. The lowest BCUT2D eigenvalue weighted by Crippen LogP contribution is -2.36. The Morgan fingerprint density at radius 1 is 1.47 bits per heavy atom. The summed E-state index contributed by atoms with van der Waals surface area (Å²) < 4.78 is 5.39. The van der Waals surface area contributed by atoms with Crippen molar-refractivity contribution in [2.45, 2.75) is 33.2 Å². The lowest BCUT2D eigenvalue weighted by atomic mass is 10.2. The van der Waals surface area contributed by atoms with Crippen molar-refractivity contribution >= 4 is 11.7 Å². The molecular weight excluding hydrogens is 244 g/mol. The number of hydrogen-bond donors (Lipinski definition) is 3. The zero-order valence-electron chi connectivity index (χ0n) is 11.7. The molecule has 0 aliphatic carbocycles. The van der Waals surface area contributed by atoms with Gasteiger partial charge in [-0.25, -0.2) is 4.79 Å². The molecule has 0 radical (unpaired) electrons. The van der Waals surface area contributed by atoms with Crippen molar-refractivity contribution in [2.24, 2.45) is 0 Å². The molecule has 0 aliphatic heterocycles. The minimum Gasteiger partial charge on any atom is -0.494 e. The van der Waals surface area contributed by atoms with Crippen LogP contribution in [0, 0.1) is 6.92 Å². The maximum atomic E-state index is 11.7. The average molecular weight is 266 g/mol. The van der Waals surface area contributed by atoms with Gasteiger partial charge in [0.2, 0.25) is 0 Å². The van der Waals surface area contributed by atoms with Crippen molar-refractivity contribution in [1.82, 2.24) is 5.32 Å². The number of rotatable bonds is 6. The minimum absolute atomic E-state index is 0.0591. The van der Waals surface area contributed by atoms with Crippen molar-refractivity contribution < 1.29 is 14.6 Å². The van der Waals surface area contributed by atoms with E-state index in [-0.39, 0.29) is 18.7 Å². The number of benzene rings is 1. The molecule has 2 amide bonds. The highest BCUT2D eigenvalue weighted by atomic mass is 16.5. The van der Waals surface area contributed by atoms with Crippen LogP contribution in [0.4, 0.5) is 10.5 Å². The van der Waals surface area contributed by atoms with E-state index in [2.05, 4.69) is 10.6 Å². The number of aliphatic hydroxyl groups is 1. The number of aliphatic hydroxyl groups excluding tert-OH is 1. The van der Waals surface area contributed by atoms with Gasteiger partial charge in [0.1, 0.15) is 5.75 Å². The predicted molar refractivity (Wildman–Crippen MR) is 75.7 cm³/mol. The van der Waals surface area contributed by atoms with Crippen LogP contribution in [0.3, 0.4) is 0 Å². The molecule has 1 aromatic carbocycles. The van der Waals surface area contributed by atoms with E-state index in [1.807, 2.05) is 39.0 Å². The lowest BCUT2D eigenvalue weighted by molar-refractivity contribution is 0.241. The van der Waals surface area contributed by atoms with Gasteiger partial charge in [0.15, 0.2) is 0 Å². The Bertz CT molecular complexity index is 421. The number of nitrogens with one attached hydrogen (secondary N) is 2. The van der Waals surface area contributed by atoms with E-state index in [4.69, 9.17) is 9.84 Å². The van der Waals surface area contributed by atoms with Crippen LogP contribution in [0.2, 0.25) is 0 Å². The third-order valence-corrected chi connectivity index (χ3v) is 2.70. The Labute approximate surface area is 114 Å². The second-order valence-corrected chi connectivity index (χ2v) is 4.42. The maximum absolute atomic E-state index is 11.7. The number of urea groups is 1. The van der Waals surface area contributed by atoms with Gasteiger partial charge in [0, 0.05) is 18.3 Å². The molecule has 0 saturated carbocycles. The molecule has 19 heavy (non-hydrogen) atoms. The second-order valence-electron chi connectivity index (χ2n) is 4.42. The van der Waals surface area contributed by atoms with Crippen LogP contribution < -0.4 is 15.4 Å². The SMILES string of the molecule is CCOc1ccc(NC(=O)N[C@H](C)CCO)c(C)c1. The highest BCUT2D eigenvalue weighted by Gasteiger charge is 2.08. The van der Waals surface area contributed by atoms with Crippen LogP contribution in [-0.4, -0.2) is 30.4 Å². The van der Waals surface area contributed by atoms with Gasteiger partial charge in [0.05, 0.1) is 6.61 Å². The van der Waals surface area contributed by atoms with E-state index in [0.29, 0.717) is 13.0 Å². The Kier molecular flexibility index (Phi) is 6.15. The fraction of sp³-hybridized carbons (Fsp3) is 0.500. The van der Waals surface area contributed by atoms with Crippen LogP contribution in [0.15, 0.2) is 18.2 Å². The molecule has 106 valence electrons. The van der Waals surface area contributed by atoms with Crippen LogP contribution in [0.1, 0.15) is 25.8 Å². The first-order valence-electron chi connectivity index (χ1n) is 6.48. The van der Waals surface area contributed by atoms with E-state index in [9.17, 15) is 4.79 Å². The summed E-state index contributed by atoms with van der Waals surface area (Å²) in [6.07, 6.45) is 0.537. The quantitative estimate of drug-likeness (QED) is 0.740. The van der Waals surface area contributed by atoms with E-state index in [1.165, 1.54) is 0 Å². The molecule has 1 aromatic rings. The summed E-state index contributed by atoms with van der Waals surface area (Å²) in [5.41, 5.74) is 1.69. The molecule has 0 bridgehead atoms. The van der Waals surface area contributed by atoms with Gasteiger partial charge in [0.25, 0.3) is 0 Å². The molecule has 0 saturated heterocycles. The van der Waals surface area contributed by atoms with Crippen LogP contribution in [0.25, 0.3) is 0 Å². The lowest BCUT2D eigenvalue weighted by Gasteiger charge is -2.15. The maximum Gasteiger partial charge on any atom is 0.319 e. The second kappa shape index (κ2) is 7.63.